The molecule has 0 aliphatic heterocycles. The normalized spacial score (nSPS) is 11.5. The van der Waals surface area contributed by atoms with E-state index in [0.717, 1.165) is 78.1 Å². The number of aromatic nitrogens is 4. The molecule has 0 fully saturated rings. The van der Waals surface area contributed by atoms with Crippen LogP contribution in [0.4, 0.5) is 0 Å². The van der Waals surface area contributed by atoms with Gasteiger partial charge in [-0.25, -0.2) is 15.0 Å². The van der Waals surface area contributed by atoms with E-state index in [-0.39, 0.29) is 0 Å². The lowest BCUT2D eigenvalue weighted by molar-refractivity contribution is 0.669. The van der Waals surface area contributed by atoms with E-state index < -0.39 is 0 Å². The molecular formula is C41H26N4O. The van der Waals surface area contributed by atoms with Gasteiger partial charge in [-0.2, -0.15) is 0 Å². The topological polar surface area (TPSA) is 56.7 Å². The van der Waals surface area contributed by atoms with Crippen molar-refractivity contribution in [2.45, 2.75) is 0 Å². The van der Waals surface area contributed by atoms with Gasteiger partial charge in [0.05, 0.1) is 28.0 Å². The number of para-hydroxylation sites is 4. The van der Waals surface area contributed by atoms with Crippen LogP contribution in [0.5, 0.6) is 0 Å². The number of rotatable bonds is 5. The number of nitrogens with zero attached hydrogens (tertiary/aromatic N) is 4. The third-order valence-electron chi connectivity index (χ3n) is 8.44. The van der Waals surface area contributed by atoms with Crippen molar-refractivity contribution in [1.29, 1.82) is 0 Å². The van der Waals surface area contributed by atoms with Crippen LogP contribution in [0.25, 0.3) is 83.9 Å². The lowest BCUT2D eigenvalue weighted by Crippen LogP contribution is -1.97. The highest BCUT2D eigenvalue weighted by molar-refractivity contribution is 6.15. The van der Waals surface area contributed by atoms with Gasteiger partial charge in [-0.15, -0.1) is 0 Å². The number of hydrogen-bond acceptors (Lipinski definition) is 4. The SMILES string of the molecule is c1ccc(-c2cc(-c3ccccc3)nc(-c3cccc4oc5c(-c6nc7ccccc7n6-c6ccccc6)cccc5c34)n2)cc1. The number of benzene rings is 6. The maximum Gasteiger partial charge on any atom is 0.161 e. The van der Waals surface area contributed by atoms with E-state index >= 15 is 0 Å². The van der Waals surface area contributed by atoms with Crippen LogP contribution in [0.3, 0.4) is 0 Å². The van der Waals surface area contributed by atoms with Crippen molar-refractivity contribution in [1.82, 2.24) is 19.5 Å². The summed E-state index contributed by atoms with van der Waals surface area (Å²) in [7, 11) is 0. The molecule has 0 saturated heterocycles. The molecule has 9 rings (SSSR count). The van der Waals surface area contributed by atoms with E-state index in [0.29, 0.717) is 5.82 Å². The average Bonchev–Trinajstić information content (AvgIpc) is 3.72. The first-order valence-electron chi connectivity index (χ1n) is 15.3. The molecule has 0 aliphatic carbocycles. The second kappa shape index (κ2) is 10.7. The van der Waals surface area contributed by atoms with Gasteiger partial charge < -0.3 is 4.42 Å². The van der Waals surface area contributed by atoms with Gasteiger partial charge in [0.15, 0.2) is 5.82 Å². The molecule has 216 valence electrons. The molecule has 5 heteroatoms. The summed E-state index contributed by atoms with van der Waals surface area (Å²) >= 11 is 0. The van der Waals surface area contributed by atoms with Crippen molar-refractivity contribution in [3.63, 3.8) is 0 Å². The monoisotopic (exact) mass is 590 g/mol. The summed E-state index contributed by atoms with van der Waals surface area (Å²) in [5, 5.41) is 1.97. The Bertz CT molecular complexity index is 2460. The fourth-order valence-electron chi connectivity index (χ4n) is 6.34. The molecule has 3 heterocycles. The quantitative estimate of drug-likeness (QED) is 0.200. The largest absolute Gasteiger partial charge is 0.455 e. The van der Waals surface area contributed by atoms with Crippen LogP contribution in [0.1, 0.15) is 0 Å². The zero-order chi connectivity index (χ0) is 30.5. The van der Waals surface area contributed by atoms with Gasteiger partial charge in [-0.3, -0.25) is 4.57 Å². The fraction of sp³-hybridized carbons (Fsp3) is 0. The minimum Gasteiger partial charge on any atom is -0.455 e. The van der Waals surface area contributed by atoms with Crippen molar-refractivity contribution in [3.8, 4) is 51.0 Å². The molecule has 3 aromatic heterocycles. The van der Waals surface area contributed by atoms with Crippen LogP contribution in [0.2, 0.25) is 0 Å². The third kappa shape index (κ3) is 4.29. The van der Waals surface area contributed by atoms with Crippen molar-refractivity contribution in [3.05, 3.63) is 158 Å². The standard InChI is InChI=1S/C41H26N4O/c1-4-14-27(15-5-1)34-26-35(28-16-6-2-7-17-28)43-40(42-34)31-21-13-25-37-38(31)30-20-12-22-32(39(30)46-37)41-44-33-23-10-11-24-36(33)45(41)29-18-8-3-9-19-29/h1-26H. The van der Waals surface area contributed by atoms with Crippen LogP contribution < -0.4 is 0 Å². The van der Waals surface area contributed by atoms with Gasteiger partial charge in [0, 0.05) is 33.2 Å². The van der Waals surface area contributed by atoms with E-state index in [4.69, 9.17) is 19.4 Å². The molecular weight excluding hydrogens is 564 g/mol. The Kier molecular flexibility index (Phi) is 6.06. The highest BCUT2D eigenvalue weighted by Crippen LogP contribution is 2.41. The van der Waals surface area contributed by atoms with E-state index in [2.05, 4.69) is 102 Å². The molecule has 9 aromatic rings. The number of fused-ring (bicyclic) bond motifs is 4. The minimum atomic E-state index is 0.649. The average molecular weight is 591 g/mol. The lowest BCUT2D eigenvalue weighted by Gasteiger charge is -2.10. The van der Waals surface area contributed by atoms with E-state index in [1.165, 1.54) is 0 Å². The van der Waals surface area contributed by atoms with Gasteiger partial charge in [0.1, 0.15) is 17.0 Å². The highest BCUT2D eigenvalue weighted by atomic mass is 16.3. The zero-order valence-electron chi connectivity index (χ0n) is 24.7. The maximum atomic E-state index is 6.71. The Labute approximate surface area is 265 Å². The van der Waals surface area contributed by atoms with Crippen molar-refractivity contribution in [2.75, 3.05) is 0 Å². The first-order valence-corrected chi connectivity index (χ1v) is 15.3. The molecule has 0 radical (unpaired) electrons. The Morgan fingerprint density at radius 1 is 0.500 bits per heavy atom. The van der Waals surface area contributed by atoms with Crippen molar-refractivity contribution >= 4 is 33.0 Å². The van der Waals surface area contributed by atoms with Gasteiger partial charge >= 0.3 is 0 Å². The molecule has 0 N–H and O–H groups in total. The second-order valence-corrected chi connectivity index (χ2v) is 11.3. The predicted molar refractivity (Wildman–Crippen MR) is 186 cm³/mol. The molecule has 0 atom stereocenters. The van der Waals surface area contributed by atoms with E-state index in [9.17, 15) is 0 Å². The van der Waals surface area contributed by atoms with Gasteiger partial charge in [-0.1, -0.05) is 115 Å². The van der Waals surface area contributed by atoms with Gasteiger partial charge in [0.25, 0.3) is 0 Å². The summed E-state index contributed by atoms with van der Waals surface area (Å²) < 4.78 is 8.91. The fourth-order valence-corrected chi connectivity index (χ4v) is 6.34. The summed E-state index contributed by atoms with van der Waals surface area (Å²) in [5.41, 5.74) is 10.2. The molecule has 0 spiro atoms. The molecule has 0 amide bonds. The summed E-state index contributed by atoms with van der Waals surface area (Å²) in [6.07, 6.45) is 0. The molecule has 0 bridgehead atoms. The Balaban J connectivity index is 1.30. The summed E-state index contributed by atoms with van der Waals surface area (Å²) in [5.74, 6) is 1.47. The maximum absolute atomic E-state index is 6.71. The second-order valence-electron chi connectivity index (χ2n) is 11.3. The van der Waals surface area contributed by atoms with Crippen LogP contribution in [-0.4, -0.2) is 19.5 Å². The Morgan fingerprint density at radius 2 is 1.11 bits per heavy atom. The smallest absolute Gasteiger partial charge is 0.161 e. The predicted octanol–water partition coefficient (Wildman–Crippen LogP) is 10.4. The molecule has 5 nitrogen and oxygen atoms in total. The first kappa shape index (κ1) is 26.1. The van der Waals surface area contributed by atoms with Crippen LogP contribution in [0.15, 0.2) is 162 Å². The Morgan fingerprint density at radius 3 is 1.83 bits per heavy atom. The lowest BCUT2D eigenvalue weighted by atomic mass is 10.0. The first-order chi connectivity index (χ1) is 22.8. The Hall–Kier alpha value is -6.33. The zero-order valence-corrected chi connectivity index (χ0v) is 24.7. The molecule has 46 heavy (non-hydrogen) atoms. The third-order valence-corrected chi connectivity index (χ3v) is 8.44. The summed E-state index contributed by atoms with van der Waals surface area (Å²) in [4.78, 5) is 15.4. The van der Waals surface area contributed by atoms with Crippen LogP contribution >= 0.6 is 0 Å². The van der Waals surface area contributed by atoms with Gasteiger partial charge in [0.2, 0.25) is 0 Å². The molecule has 0 unspecified atom stereocenters. The summed E-state index contributed by atoms with van der Waals surface area (Å²) in [6, 6.07) is 53.6. The highest BCUT2D eigenvalue weighted by Gasteiger charge is 2.22. The van der Waals surface area contributed by atoms with Crippen LogP contribution in [0, 0.1) is 0 Å². The number of furan rings is 1. The van der Waals surface area contributed by atoms with E-state index in [1.54, 1.807) is 0 Å². The molecule has 0 aliphatic rings. The summed E-state index contributed by atoms with van der Waals surface area (Å²) in [6.45, 7) is 0. The number of imidazole rings is 1. The molecule has 0 saturated carbocycles. The van der Waals surface area contributed by atoms with Crippen LogP contribution in [-0.2, 0) is 0 Å². The van der Waals surface area contributed by atoms with Crippen molar-refractivity contribution < 1.29 is 4.42 Å². The minimum absolute atomic E-state index is 0.649. The molecule has 6 aromatic carbocycles. The van der Waals surface area contributed by atoms with E-state index in [1.807, 2.05) is 60.7 Å². The van der Waals surface area contributed by atoms with Gasteiger partial charge in [-0.05, 0) is 42.5 Å². The van der Waals surface area contributed by atoms with Crippen molar-refractivity contribution in [2.24, 2.45) is 0 Å². The number of hydrogen-bond donors (Lipinski definition) is 0.